The van der Waals surface area contributed by atoms with Crippen molar-refractivity contribution in [2.75, 3.05) is 24.7 Å². The quantitative estimate of drug-likeness (QED) is 0.315. The van der Waals surface area contributed by atoms with Crippen molar-refractivity contribution in [2.24, 2.45) is 0 Å². The first-order valence-electron chi connectivity index (χ1n) is 11.4. The summed E-state index contributed by atoms with van der Waals surface area (Å²) in [6, 6.07) is 10.6. The first kappa shape index (κ1) is 26.0. The van der Waals surface area contributed by atoms with Gasteiger partial charge in [-0.25, -0.2) is 23.4 Å². The summed E-state index contributed by atoms with van der Waals surface area (Å²) in [5.74, 6) is 0.188. The maximum Gasteiger partial charge on any atom is 0.243 e. The number of aromatic nitrogens is 6. The fourth-order valence-corrected chi connectivity index (χ4v) is 4.68. The van der Waals surface area contributed by atoms with Crippen molar-refractivity contribution in [3.63, 3.8) is 0 Å². The Morgan fingerprint density at radius 2 is 1.68 bits per heavy atom. The molecule has 1 atom stereocenters. The van der Waals surface area contributed by atoms with Crippen molar-refractivity contribution < 1.29 is 23.0 Å². The van der Waals surface area contributed by atoms with E-state index in [0.717, 1.165) is 11.3 Å². The highest BCUT2D eigenvalue weighted by Crippen LogP contribution is 2.37. The summed E-state index contributed by atoms with van der Waals surface area (Å²) in [7, 11) is -1.18. The number of sulfonamides is 1. The average Bonchev–Trinajstić information content (AvgIpc) is 3.30. The molecule has 3 heterocycles. The molecule has 0 saturated carbocycles. The van der Waals surface area contributed by atoms with Gasteiger partial charge in [-0.05, 0) is 43.2 Å². The topological polar surface area (TPSA) is 154 Å². The lowest BCUT2D eigenvalue weighted by Crippen LogP contribution is -2.24. The molecule has 4 rings (SSSR count). The summed E-state index contributed by atoms with van der Waals surface area (Å²) in [6.07, 6.45) is 2.23. The highest BCUT2D eigenvalue weighted by molar-refractivity contribution is 7.92. The van der Waals surface area contributed by atoms with Crippen LogP contribution in [0.25, 0.3) is 17.2 Å². The van der Waals surface area contributed by atoms with Gasteiger partial charge in [-0.3, -0.25) is 9.29 Å². The van der Waals surface area contributed by atoms with Crippen LogP contribution in [-0.2, 0) is 16.4 Å². The molecule has 0 fully saturated rings. The van der Waals surface area contributed by atoms with E-state index in [4.69, 9.17) is 9.47 Å². The van der Waals surface area contributed by atoms with E-state index in [0.29, 0.717) is 29.3 Å². The van der Waals surface area contributed by atoms with Gasteiger partial charge in [0.2, 0.25) is 16.0 Å². The van der Waals surface area contributed by atoms with Gasteiger partial charge >= 0.3 is 0 Å². The first-order valence-corrected chi connectivity index (χ1v) is 13.0. The van der Waals surface area contributed by atoms with E-state index in [1.165, 1.54) is 31.2 Å². The Bertz CT molecular complexity index is 1470. The maximum atomic E-state index is 13.1. The first-order chi connectivity index (χ1) is 17.8. The molecule has 194 valence electrons. The van der Waals surface area contributed by atoms with Gasteiger partial charge in [-0.2, -0.15) is 0 Å². The smallest absolute Gasteiger partial charge is 0.243 e. The van der Waals surface area contributed by atoms with Gasteiger partial charge in [0.05, 0.1) is 14.2 Å². The van der Waals surface area contributed by atoms with Crippen LogP contribution >= 0.6 is 0 Å². The standard InChI is InChI=1S/C24H27N7O5S/c1-5-16-8-6-9-17(27-16)23-28-29-24(31(23)21-19(35-3)10-7-11-20(21)36-4)30-37(33,34)14-18(32)22-25-12-15(2)13-26-22/h6-13,18,32H,5,14H2,1-4H3,(H,29,30)/t18-/m0/s1. The molecule has 0 spiro atoms. The molecule has 3 aromatic heterocycles. The van der Waals surface area contributed by atoms with Crippen molar-refractivity contribution in [2.45, 2.75) is 26.4 Å². The van der Waals surface area contributed by atoms with Gasteiger partial charge in [-0.15, -0.1) is 10.2 Å². The number of nitrogens with zero attached hydrogens (tertiary/aromatic N) is 6. The largest absolute Gasteiger partial charge is 0.494 e. The molecule has 0 aliphatic rings. The summed E-state index contributed by atoms with van der Waals surface area (Å²) < 4.78 is 41.2. The van der Waals surface area contributed by atoms with Crippen LogP contribution in [0.5, 0.6) is 11.5 Å². The third kappa shape index (κ3) is 5.67. The molecule has 0 aliphatic heterocycles. The molecule has 0 aliphatic carbocycles. The fourth-order valence-electron chi connectivity index (χ4n) is 3.62. The molecule has 0 radical (unpaired) electrons. The second kappa shape index (κ2) is 10.9. The normalized spacial score (nSPS) is 12.2. The van der Waals surface area contributed by atoms with Gasteiger partial charge in [0.25, 0.3) is 0 Å². The number of rotatable bonds is 10. The minimum Gasteiger partial charge on any atom is -0.494 e. The lowest BCUT2D eigenvalue weighted by molar-refractivity contribution is 0.191. The lowest BCUT2D eigenvalue weighted by atomic mass is 10.2. The van der Waals surface area contributed by atoms with E-state index in [-0.39, 0.29) is 17.6 Å². The predicted molar refractivity (Wildman–Crippen MR) is 136 cm³/mol. The average molecular weight is 526 g/mol. The highest BCUT2D eigenvalue weighted by Gasteiger charge is 2.27. The van der Waals surface area contributed by atoms with Crippen LogP contribution in [0.1, 0.15) is 30.1 Å². The number of aliphatic hydroxyl groups is 1. The van der Waals surface area contributed by atoms with Crippen LogP contribution in [0.3, 0.4) is 0 Å². The Morgan fingerprint density at radius 1 is 1.03 bits per heavy atom. The van der Waals surface area contributed by atoms with Crippen molar-refractivity contribution in [3.8, 4) is 28.7 Å². The number of methoxy groups -OCH3 is 2. The van der Waals surface area contributed by atoms with Gasteiger partial charge in [0.15, 0.2) is 11.6 Å². The van der Waals surface area contributed by atoms with Crippen molar-refractivity contribution in [3.05, 3.63) is 65.9 Å². The van der Waals surface area contributed by atoms with Crippen LogP contribution < -0.4 is 14.2 Å². The van der Waals surface area contributed by atoms with Crippen LogP contribution in [0, 0.1) is 6.92 Å². The number of aryl methyl sites for hydroxylation is 2. The zero-order valence-electron chi connectivity index (χ0n) is 20.8. The predicted octanol–water partition coefficient (Wildman–Crippen LogP) is 2.48. The van der Waals surface area contributed by atoms with Crippen LogP contribution in [0.15, 0.2) is 48.8 Å². The second-order valence-corrected chi connectivity index (χ2v) is 9.85. The van der Waals surface area contributed by atoms with E-state index in [2.05, 4.69) is 29.9 Å². The fraction of sp³-hybridized carbons (Fsp3) is 0.292. The van der Waals surface area contributed by atoms with Crippen LogP contribution in [0.2, 0.25) is 0 Å². The Labute approximate surface area is 214 Å². The molecular weight excluding hydrogens is 498 g/mol. The third-order valence-corrected chi connectivity index (χ3v) is 6.66. The molecule has 4 aromatic rings. The summed E-state index contributed by atoms with van der Waals surface area (Å²) in [4.78, 5) is 12.6. The molecule has 1 aromatic carbocycles. The number of ether oxygens (including phenoxy) is 2. The molecule has 0 unspecified atom stereocenters. The molecule has 0 amide bonds. The number of benzene rings is 1. The minimum atomic E-state index is -4.15. The number of aliphatic hydroxyl groups excluding tert-OH is 1. The number of para-hydroxylation sites is 1. The molecule has 0 bridgehead atoms. The number of hydrogen-bond donors (Lipinski definition) is 2. The Morgan fingerprint density at radius 3 is 2.30 bits per heavy atom. The van der Waals surface area contributed by atoms with E-state index in [9.17, 15) is 13.5 Å². The maximum absolute atomic E-state index is 13.1. The molecule has 12 nitrogen and oxygen atoms in total. The summed E-state index contributed by atoms with van der Waals surface area (Å²) in [6.45, 7) is 3.76. The number of nitrogens with one attached hydrogen (secondary N) is 1. The molecule has 37 heavy (non-hydrogen) atoms. The Balaban J connectivity index is 1.80. The van der Waals surface area contributed by atoms with Crippen molar-refractivity contribution in [1.29, 1.82) is 0 Å². The zero-order chi connectivity index (χ0) is 26.6. The van der Waals surface area contributed by atoms with Gasteiger partial charge < -0.3 is 14.6 Å². The minimum absolute atomic E-state index is 0.00916. The van der Waals surface area contributed by atoms with Crippen molar-refractivity contribution in [1.82, 2.24) is 29.7 Å². The van der Waals surface area contributed by atoms with E-state index in [1.807, 2.05) is 19.1 Å². The molecule has 2 N–H and O–H groups in total. The highest BCUT2D eigenvalue weighted by atomic mass is 32.2. The number of pyridine rings is 1. The second-order valence-electron chi connectivity index (χ2n) is 8.08. The van der Waals surface area contributed by atoms with Gasteiger partial charge in [-0.1, -0.05) is 19.1 Å². The van der Waals surface area contributed by atoms with Crippen molar-refractivity contribution >= 4 is 16.0 Å². The molecular formula is C24H27N7O5S. The Kier molecular flexibility index (Phi) is 7.64. The number of hydrogen-bond acceptors (Lipinski definition) is 10. The van der Waals surface area contributed by atoms with E-state index in [1.54, 1.807) is 31.2 Å². The molecule has 0 saturated heterocycles. The lowest BCUT2D eigenvalue weighted by Gasteiger charge is -2.18. The van der Waals surface area contributed by atoms with E-state index >= 15 is 0 Å². The summed E-state index contributed by atoms with van der Waals surface area (Å²) in [5, 5.41) is 18.8. The van der Waals surface area contributed by atoms with E-state index < -0.39 is 21.9 Å². The van der Waals surface area contributed by atoms with Crippen LogP contribution in [0.4, 0.5) is 5.95 Å². The zero-order valence-corrected chi connectivity index (χ0v) is 21.6. The van der Waals surface area contributed by atoms with Gasteiger partial charge in [0, 0.05) is 18.1 Å². The summed E-state index contributed by atoms with van der Waals surface area (Å²) >= 11 is 0. The summed E-state index contributed by atoms with van der Waals surface area (Å²) in [5.41, 5.74) is 2.45. The Hall–Kier alpha value is -4.10. The van der Waals surface area contributed by atoms with Crippen LogP contribution in [-0.4, -0.2) is 63.2 Å². The third-order valence-electron chi connectivity index (χ3n) is 5.41. The monoisotopic (exact) mass is 525 g/mol. The molecule has 13 heteroatoms. The number of anilines is 1. The van der Waals surface area contributed by atoms with Gasteiger partial charge in [0.1, 0.15) is 34.7 Å². The SMILES string of the molecule is CCc1cccc(-c2nnc(NS(=O)(=O)C[C@H](O)c3ncc(C)cn3)n2-c2c(OC)cccc2OC)n1.